The van der Waals surface area contributed by atoms with E-state index >= 15 is 0 Å². The number of nitrogens with zero attached hydrogens (tertiary/aromatic N) is 2. The lowest BCUT2D eigenvalue weighted by molar-refractivity contribution is 0.301. The number of benzene rings is 2. The van der Waals surface area contributed by atoms with Gasteiger partial charge in [-0.25, -0.2) is 4.39 Å². The molecular weight excluding hydrogens is 347 g/mol. The van der Waals surface area contributed by atoms with Gasteiger partial charge in [0.25, 0.3) is 5.56 Å². The molecule has 6 nitrogen and oxygen atoms in total. The Labute approximate surface area is 153 Å². The van der Waals surface area contributed by atoms with Crippen molar-refractivity contribution in [1.82, 2.24) is 4.98 Å². The second-order valence-electron chi connectivity index (χ2n) is 5.59. The molecule has 1 aromatic heterocycles. The number of rotatable bonds is 4. The Morgan fingerprint density at radius 2 is 1.70 bits per heavy atom. The first kappa shape index (κ1) is 17.7. The van der Waals surface area contributed by atoms with Gasteiger partial charge >= 0.3 is 0 Å². The van der Waals surface area contributed by atoms with Crippen LogP contribution in [-0.2, 0) is 6.61 Å². The fraction of sp³-hybridized carbons (Fsp3) is 0.0500. The van der Waals surface area contributed by atoms with Gasteiger partial charge in [0.15, 0.2) is 0 Å². The molecule has 0 spiro atoms. The van der Waals surface area contributed by atoms with Crippen LogP contribution < -0.4 is 16.0 Å². The second-order valence-corrected chi connectivity index (χ2v) is 5.59. The van der Waals surface area contributed by atoms with Crippen LogP contribution in [0.25, 0.3) is 11.1 Å². The summed E-state index contributed by atoms with van der Waals surface area (Å²) in [7, 11) is 0. The van der Waals surface area contributed by atoms with E-state index in [4.69, 9.17) is 10.5 Å². The third-order valence-corrected chi connectivity index (χ3v) is 3.97. The van der Waals surface area contributed by atoms with Crippen LogP contribution in [0, 0.1) is 28.5 Å². The molecule has 0 bridgehead atoms. The lowest BCUT2D eigenvalue weighted by atomic mass is 9.96. The number of anilines is 1. The fourth-order valence-electron chi connectivity index (χ4n) is 2.68. The Bertz CT molecular complexity index is 1160. The molecule has 0 atom stereocenters. The molecule has 3 rings (SSSR count). The average Bonchev–Trinajstić information content (AvgIpc) is 2.67. The van der Waals surface area contributed by atoms with Gasteiger partial charge in [-0.15, -0.1) is 0 Å². The zero-order valence-corrected chi connectivity index (χ0v) is 14.0. The van der Waals surface area contributed by atoms with Crippen molar-refractivity contribution >= 4 is 5.82 Å². The van der Waals surface area contributed by atoms with E-state index in [1.54, 1.807) is 42.5 Å². The van der Waals surface area contributed by atoms with Crippen molar-refractivity contribution in [3.05, 3.63) is 81.4 Å². The van der Waals surface area contributed by atoms with Crippen molar-refractivity contribution in [2.75, 3.05) is 5.73 Å². The molecule has 0 aliphatic carbocycles. The van der Waals surface area contributed by atoms with Gasteiger partial charge in [0.05, 0.1) is 0 Å². The molecule has 0 aliphatic heterocycles. The molecule has 3 aromatic rings. The molecule has 3 N–H and O–H groups in total. The molecule has 0 unspecified atom stereocenters. The highest BCUT2D eigenvalue weighted by molar-refractivity contribution is 5.83. The van der Waals surface area contributed by atoms with E-state index in [1.165, 1.54) is 6.07 Å². The lowest BCUT2D eigenvalue weighted by Crippen LogP contribution is -2.16. The van der Waals surface area contributed by atoms with Gasteiger partial charge in [-0.2, -0.15) is 10.5 Å². The quantitative estimate of drug-likeness (QED) is 0.742. The first-order valence-electron chi connectivity index (χ1n) is 7.88. The molecule has 27 heavy (non-hydrogen) atoms. The van der Waals surface area contributed by atoms with Crippen molar-refractivity contribution in [3.63, 3.8) is 0 Å². The summed E-state index contributed by atoms with van der Waals surface area (Å²) in [6.45, 7) is -0.0634. The zero-order chi connectivity index (χ0) is 19.4. The molecule has 2 aromatic carbocycles. The first-order chi connectivity index (χ1) is 13.1. The standard InChI is InChI=1S/C20H13FN4O2/c21-16-7-3-1-5-12(16)11-27-17-8-4-2-6-13(17)18-14(9-22)19(24)25-20(26)15(18)10-23/h1-8H,11H2,(H3,24,25,26). The Balaban J connectivity index is 2.13. The molecule has 0 aliphatic rings. The number of aromatic nitrogens is 1. The molecular formula is C20H13FN4O2. The Morgan fingerprint density at radius 3 is 2.41 bits per heavy atom. The van der Waals surface area contributed by atoms with E-state index in [2.05, 4.69) is 4.98 Å². The maximum atomic E-state index is 13.8. The molecule has 0 amide bonds. The second kappa shape index (κ2) is 7.42. The topological polar surface area (TPSA) is 116 Å². The minimum absolute atomic E-state index is 0.0342. The molecule has 132 valence electrons. The van der Waals surface area contributed by atoms with E-state index < -0.39 is 11.4 Å². The van der Waals surface area contributed by atoms with Crippen molar-refractivity contribution in [1.29, 1.82) is 10.5 Å². The summed E-state index contributed by atoms with van der Waals surface area (Å²) in [5, 5.41) is 18.9. The third-order valence-electron chi connectivity index (χ3n) is 3.97. The minimum Gasteiger partial charge on any atom is -0.488 e. The number of para-hydroxylation sites is 1. The normalized spacial score (nSPS) is 10.0. The minimum atomic E-state index is -0.701. The summed E-state index contributed by atoms with van der Waals surface area (Å²) in [6, 6.07) is 16.5. The Morgan fingerprint density at radius 1 is 1.04 bits per heavy atom. The average molecular weight is 360 g/mol. The van der Waals surface area contributed by atoms with Crippen molar-refractivity contribution < 1.29 is 9.13 Å². The van der Waals surface area contributed by atoms with Gasteiger partial charge in [0.2, 0.25) is 0 Å². The highest BCUT2D eigenvalue weighted by Gasteiger charge is 2.21. The number of halogens is 1. The zero-order valence-electron chi connectivity index (χ0n) is 14.0. The van der Waals surface area contributed by atoms with E-state index in [9.17, 15) is 19.7 Å². The SMILES string of the molecule is N#Cc1c(N)[nH]c(=O)c(C#N)c1-c1ccccc1OCc1ccccc1F. The highest BCUT2D eigenvalue weighted by atomic mass is 19.1. The van der Waals surface area contributed by atoms with E-state index in [0.717, 1.165) is 0 Å². The van der Waals surface area contributed by atoms with Gasteiger partial charge in [0, 0.05) is 16.7 Å². The third kappa shape index (κ3) is 3.35. The van der Waals surface area contributed by atoms with Crippen LogP contribution in [0.4, 0.5) is 10.2 Å². The Hall–Kier alpha value is -4.10. The largest absolute Gasteiger partial charge is 0.488 e. The van der Waals surface area contributed by atoms with Gasteiger partial charge in [-0.05, 0) is 12.1 Å². The summed E-state index contributed by atoms with van der Waals surface area (Å²) >= 11 is 0. The molecule has 7 heteroatoms. The number of nitrogens with one attached hydrogen (secondary N) is 1. The van der Waals surface area contributed by atoms with Crippen molar-refractivity contribution in [2.45, 2.75) is 6.61 Å². The van der Waals surface area contributed by atoms with Crippen LogP contribution in [0.5, 0.6) is 5.75 Å². The monoisotopic (exact) mass is 360 g/mol. The number of nitrogens with two attached hydrogens (primary N) is 1. The van der Waals surface area contributed by atoms with Crippen LogP contribution in [-0.4, -0.2) is 4.98 Å². The summed E-state index contributed by atoms with van der Waals surface area (Å²) in [6.07, 6.45) is 0. The van der Waals surface area contributed by atoms with Crippen LogP contribution in [0.3, 0.4) is 0 Å². The molecule has 0 saturated heterocycles. The van der Waals surface area contributed by atoms with Crippen LogP contribution in [0.2, 0.25) is 0 Å². The molecule has 1 heterocycles. The van der Waals surface area contributed by atoms with Gasteiger partial charge < -0.3 is 15.5 Å². The summed E-state index contributed by atoms with van der Waals surface area (Å²) in [5.74, 6) is -0.259. The van der Waals surface area contributed by atoms with Gasteiger partial charge in [0.1, 0.15) is 47.3 Å². The number of H-pyrrole nitrogens is 1. The van der Waals surface area contributed by atoms with E-state index in [0.29, 0.717) is 16.9 Å². The summed E-state index contributed by atoms with van der Waals surface area (Å²) in [5.41, 5.74) is 5.55. The number of hydrogen-bond acceptors (Lipinski definition) is 5. The van der Waals surface area contributed by atoms with Gasteiger partial charge in [-0.1, -0.05) is 36.4 Å². The fourth-order valence-corrected chi connectivity index (χ4v) is 2.68. The van der Waals surface area contributed by atoms with Crippen molar-refractivity contribution in [3.8, 4) is 29.0 Å². The van der Waals surface area contributed by atoms with E-state index in [-0.39, 0.29) is 29.1 Å². The molecule has 0 fully saturated rings. The molecule has 0 radical (unpaired) electrons. The summed E-state index contributed by atoms with van der Waals surface area (Å²) in [4.78, 5) is 14.4. The van der Waals surface area contributed by atoms with E-state index in [1.807, 2.05) is 12.1 Å². The number of pyridine rings is 1. The lowest BCUT2D eigenvalue weighted by Gasteiger charge is -2.14. The Kier molecular flexibility index (Phi) is 4.87. The van der Waals surface area contributed by atoms with Crippen molar-refractivity contribution in [2.24, 2.45) is 0 Å². The van der Waals surface area contributed by atoms with Gasteiger partial charge in [-0.3, -0.25) is 4.79 Å². The van der Waals surface area contributed by atoms with Crippen LogP contribution in [0.1, 0.15) is 16.7 Å². The van der Waals surface area contributed by atoms with Crippen LogP contribution in [0.15, 0.2) is 53.3 Å². The predicted molar refractivity (Wildman–Crippen MR) is 97.1 cm³/mol. The number of aromatic amines is 1. The maximum absolute atomic E-state index is 13.8. The molecule has 0 saturated carbocycles. The first-order valence-corrected chi connectivity index (χ1v) is 7.88. The number of nitriles is 2. The number of ether oxygens (including phenoxy) is 1. The van der Waals surface area contributed by atoms with Crippen LogP contribution >= 0.6 is 0 Å². The predicted octanol–water partition coefficient (Wildman–Crippen LogP) is 3.09. The smallest absolute Gasteiger partial charge is 0.268 e. The summed E-state index contributed by atoms with van der Waals surface area (Å²) < 4.78 is 19.6. The maximum Gasteiger partial charge on any atom is 0.268 e. The number of hydrogen-bond donors (Lipinski definition) is 2. The highest BCUT2D eigenvalue weighted by Crippen LogP contribution is 2.35. The number of nitrogen functional groups attached to an aromatic ring is 1.